The summed E-state index contributed by atoms with van der Waals surface area (Å²) in [7, 11) is 0. The number of benzene rings is 1. The molecule has 0 atom stereocenters. The Hall–Kier alpha value is -2.37. The van der Waals surface area contributed by atoms with Gasteiger partial charge in [-0.2, -0.15) is 0 Å². The molecular weight excluding hydrogens is 404 g/mol. The second-order valence-electron chi connectivity index (χ2n) is 9.30. The van der Waals surface area contributed by atoms with Gasteiger partial charge in [0.15, 0.2) is 5.78 Å². The van der Waals surface area contributed by atoms with E-state index >= 15 is 0 Å². The number of anilines is 1. The predicted molar refractivity (Wildman–Crippen MR) is 130 cm³/mol. The van der Waals surface area contributed by atoms with Crippen molar-refractivity contribution in [3.05, 3.63) is 29.8 Å². The summed E-state index contributed by atoms with van der Waals surface area (Å²) in [6.07, 6.45) is 12.0. The number of carbonyl (C=O) groups excluding carboxylic acids is 3. The molecule has 2 N–H and O–H groups in total. The van der Waals surface area contributed by atoms with Crippen molar-refractivity contribution >= 4 is 23.5 Å². The Labute approximate surface area is 193 Å². The molecule has 0 spiro atoms. The van der Waals surface area contributed by atoms with Gasteiger partial charge < -0.3 is 15.4 Å². The average molecular weight is 447 g/mol. The van der Waals surface area contributed by atoms with Crippen molar-refractivity contribution < 1.29 is 19.1 Å². The topological polar surface area (TPSA) is 84.5 Å². The lowest BCUT2D eigenvalue weighted by Crippen LogP contribution is -2.37. The molecule has 0 bridgehead atoms. The molecule has 6 heteroatoms. The standard InChI is InChI=1S/C26H42N2O4/c1-5-6-7-8-9-10-11-12-13-14-19-23(29)21-17-15-16-18-22(21)28-24(30)20-27-25(31)32-26(2,3)4/h15-18H,5-14,19-20H2,1-4H3,(H,27,31)(H,28,30). The van der Waals surface area contributed by atoms with Crippen LogP contribution in [0.5, 0.6) is 0 Å². The third kappa shape index (κ3) is 13.1. The fourth-order valence-corrected chi connectivity index (χ4v) is 3.40. The molecule has 2 amide bonds. The van der Waals surface area contributed by atoms with E-state index in [1.54, 1.807) is 45.0 Å². The molecule has 6 nitrogen and oxygen atoms in total. The van der Waals surface area contributed by atoms with E-state index in [1.807, 2.05) is 0 Å². The lowest BCUT2D eigenvalue weighted by molar-refractivity contribution is -0.115. The lowest BCUT2D eigenvalue weighted by Gasteiger charge is -2.19. The molecule has 1 aromatic rings. The molecule has 1 rings (SSSR count). The number of rotatable bonds is 15. The Kier molecular flexibility index (Phi) is 13.3. The Morgan fingerprint density at radius 3 is 2.00 bits per heavy atom. The number of hydrogen-bond donors (Lipinski definition) is 2. The minimum Gasteiger partial charge on any atom is -0.444 e. The van der Waals surface area contributed by atoms with Crippen molar-refractivity contribution in [3.8, 4) is 0 Å². The van der Waals surface area contributed by atoms with Crippen LogP contribution >= 0.6 is 0 Å². The van der Waals surface area contributed by atoms with Gasteiger partial charge in [-0.05, 0) is 39.3 Å². The van der Waals surface area contributed by atoms with Crippen molar-refractivity contribution in [3.63, 3.8) is 0 Å². The van der Waals surface area contributed by atoms with E-state index in [-0.39, 0.29) is 12.3 Å². The maximum absolute atomic E-state index is 12.7. The maximum Gasteiger partial charge on any atom is 0.408 e. The molecule has 32 heavy (non-hydrogen) atoms. The first-order valence-corrected chi connectivity index (χ1v) is 12.1. The highest BCUT2D eigenvalue weighted by Crippen LogP contribution is 2.19. The number of alkyl carbamates (subject to hydrolysis) is 1. The number of unbranched alkanes of at least 4 members (excludes halogenated alkanes) is 9. The predicted octanol–water partition coefficient (Wildman–Crippen LogP) is 6.64. The van der Waals surface area contributed by atoms with Crippen LogP contribution in [-0.4, -0.2) is 29.9 Å². The molecular formula is C26H42N2O4. The quantitative estimate of drug-likeness (QED) is 0.233. The van der Waals surface area contributed by atoms with Crippen LogP contribution in [0.25, 0.3) is 0 Å². The zero-order chi connectivity index (χ0) is 23.8. The third-order valence-electron chi connectivity index (χ3n) is 5.05. The van der Waals surface area contributed by atoms with Gasteiger partial charge in [0.1, 0.15) is 12.1 Å². The highest BCUT2D eigenvalue weighted by atomic mass is 16.6. The van der Waals surface area contributed by atoms with Crippen LogP contribution in [0.15, 0.2) is 24.3 Å². The highest BCUT2D eigenvalue weighted by Gasteiger charge is 2.17. The van der Waals surface area contributed by atoms with Crippen molar-refractivity contribution in [2.24, 2.45) is 0 Å². The Morgan fingerprint density at radius 1 is 0.844 bits per heavy atom. The molecule has 0 unspecified atom stereocenters. The molecule has 0 aliphatic carbocycles. The molecule has 0 aromatic heterocycles. The summed E-state index contributed by atoms with van der Waals surface area (Å²) in [6, 6.07) is 7.00. The van der Waals surface area contributed by atoms with E-state index in [0.717, 1.165) is 19.3 Å². The number of hydrogen-bond acceptors (Lipinski definition) is 4. The van der Waals surface area contributed by atoms with Gasteiger partial charge in [0.05, 0.1) is 5.69 Å². The second kappa shape index (κ2) is 15.4. The smallest absolute Gasteiger partial charge is 0.408 e. The van der Waals surface area contributed by atoms with E-state index in [9.17, 15) is 14.4 Å². The van der Waals surface area contributed by atoms with Gasteiger partial charge in [-0.1, -0.05) is 76.8 Å². The zero-order valence-corrected chi connectivity index (χ0v) is 20.4. The molecule has 0 aliphatic heterocycles. The molecule has 0 heterocycles. The summed E-state index contributed by atoms with van der Waals surface area (Å²) >= 11 is 0. The molecule has 0 saturated heterocycles. The molecule has 1 aromatic carbocycles. The Bertz CT molecular complexity index is 710. The normalized spacial score (nSPS) is 11.1. The van der Waals surface area contributed by atoms with Gasteiger partial charge in [-0.3, -0.25) is 9.59 Å². The molecule has 0 fully saturated rings. The van der Waals surface area contributed by atoms with Gasteiger partial charge in [0.25, 0.3) is 0 Å². The van der Waals surface area contributed by atoms with Crippen LogP contribution in [0.2, 0.25) is 0 Å². The SMILES string of the molecule is CCCCCCCCCCCCC(=O)c1ccccc1NC(=O)CNC(=O)OC(C)(C)C. The fourth-order valence-electron chi connectivity index (χ4n) is 3.40. The van der Waals surface area contributed by atoms with Crippen molar-refractivity contribution in [2.75, 3.05) is 11.9 Å². The van der Waals surface area contributed by atoms with Crippen LogP contribution < -0.4 is 10.6 Å². The average Bonchev–Trinajstić information content (AvgIpc) is 2.72. The number of ketones is 1. The van der Waals surface area contributed by atoms with Crippen molar-refractivity contribution in [1.29, 1.82) is 0 Å². The molecule has 0 radical (unpaired) electrons. The number of para-hydroxylation sites is 1. The zero-order valence-electron chi connectivity index (χ0n) is 20.4. The van der Waals surface area contributed by atoms with Crippen LogP contribution in [0.3, 0.4) is 0 Å². The molecule has 0 saturated carbocycles. The lowest BCUT2D eigenvalue weighted by atomic mass is 10.0. The summed E-state index contributed by atoms with van der Waals surface area (Å²) in [5, 5.41) is 5.14. The Balaban J connectivity index is 2.34. The number of nitrogens with one attached hydrogen (secondary N) is 2. The number of amides is 2. The minimum absolute atomic E-state index is 0.0283. The van der Waals surface area contributed by atoms with Gasteiger partial charge in [-0.15, -0.1) is 0 Å². The van der Waals surface area contributed by atoms with Crippen LogP contribution in [0, 0.1) is 0 Å². The summed E-state index contributed by atoms with van der Waals surface area (Å²) < 4.78 is 5.12. The number of ether oxygens (including phenoxy) is 1. The minimum atomic E-state index is -0.655. The van der Waals surface area contributed by atoms with E-state index in [4.69, 9.17) is 4.74 Å². The van der Waals surface area contributed by atoms with Crippen LogP contribution in [0.4, 0.5) is 10.5 Å². The highest BCUT2D eigenvalue weighted by molar-refractivity contribution is 6.05. The van der Waals surface area contributed by atoms with E-state index in [2.05, 4.69) is 17.6 Å². The first kappa shape index (κ1) is 27.7. The van der Waals surface area contributed by atoms with E-state index < -0.39 is 17.6 Å². The summed E-state index contributed by atoms with van der Waals surface area (Å²) in [4.78, 5) is 36.6. The summed E-state index contributed by atoms with van der Waals surface area (Å²) in [5.74, 6) is -0.379. The number of Topliss-reactive ketones (excluding diaryl/α,β-unsaturated/α-hetero) is 1. The van der Waals surface area contributed by atoms with E-state index in [1.165, 1.54) is 44.9 Å². The first-order valence-electron chi connectivity index (χ1n) is 12.1. The monoisotopic (exact) mass is 446 g/mol. The second-order valence-corrected chi connectivity index (χ2v) is 9.30. The molecule has 180 valence electrons. The maximum atomic E-state index is 12.7. The van der Waals surface area contributed by atoms with Gasteiger partial charge in [-0.25, -0.2) is 4.79 Å². The summed E-state index contributed by atoms with van der Waals surface area (Å²) in [5.41, 5.74) is 0.350. The Morgan fingerprint density at radius 2 is 1.41 bits per heavy atom. The van der Waals surface area contributed by atoms with Crippen LogP contribution in [-0.2, 0) is 9.53 Å². The van der Waals surface area contributed by atoms with Crippen LogP contribution in [0.1, 0.15) is 109 Å². The summed E-state index contributed by atoms with van der Waals surface area (Å²) in [6.45, 7) is 7.27. The van der Waals surface area contributed by atoms with Gasteiger partial charge in [0.2, 0.25) is 5.91 Å². The first-order chi connectivity index (χ1) is 15.2. The van der Waals surface area contributed by atoms with Gasteiger partial charge >= 0.3 is 6.09 Å². The molecule has 0 aliphatic rings. The third-order valence-corrected chi connectivity index (χ3v) is 5.05. The van der Waals surface area contributed by atoms with Gasteiger partial charge in [0, 0.05) is 12.0 Å². The largest absolute Gasteiger partial charge is 0.444 e. The van der Waals surface area contributed by atoms with Crippen molar-refractivity contribution in [1.82, 2.24) is 5.32 Å². The van der Waals surface area contributed by atoms with E-state index in [0.29, 0.717) is 17.7 Å². The fraction of sp³-hybridized carbons (Fsp3) is 0.654. The van der Waals surface area contributed by atoms with Crippen molar-refractivity contribution in [2.45, 2.75) is 104 Å². The number of carbonyl (C=O) groups is 3.